The van der Waals surface area contributed by atoms with E-state index < -0.39 is 0 Å². The molecule has 1 aliphatic carbocycles. The molecular formula is C26H38N2S. The molecule has 0 radical (unpaired) electrons. The molecule has 0 atom stereocenters. The molecule has 1 fully saturated rings. The maximum atomic E-state index is 5.12. The van der Waals surface area contributed by atoms with Gasteiger partial charge < -0.3 is 5.32 Å². The molecule has 0 saturated carbocycles. The van der Waals surface area contributed by atoms with E-state index in [9.17, 15) is 0 Å². The van der Waals surface area contributed by atoms with E-state index in [0.717, 1.165) is 13.1 Å². The Bertz CT molecular complexity index is 823. The Balaban J connectivity index is 1.75. The van der Waals surface area contributed by atoms with Gasteiger partial charge in [0, 0.05) is 16.9 Å². The lowest BCUT2D eigenvalue weighted by Crippen LogP contribution is -2.39. The van der Waals surface area contributed by atoms with Crippen LogP contribution in [0.5, 0.6) is 0 Å². The first-order valence-electron chi connectivity index (χ1n) is 11.9. The fourth-order valence-corrected chi connectivity index (χ4v) is 6.92. The van der Waals surface area contributed by atoms with Crippen LogP contribution in [0, 0.1) is 0 Å². The Hall–Kier alpha value is -1.19. The summed E-state index contributed by atoms with van der Waals surface area (Å²) in [5, 5.41) is 7.01. The van der Waals surface area contributed by atoms with Gasteiger partial charge in [0.2, 0.25) is 0 Å². The van der Waals surface area contributed by atoms with Crippen LogP contribution >= 0.6 is 11.3 Å². The summed E-state index contributed by atoms with van der Waals surface area (Å²) < 4.78 is 0. The number of rotatable bonds is 6. The van der Waals surface area contributed by atoms with Crippen molar-refractivity contribution in [3.05, 3.63) is 40.4 Å². The number of nitrogens with one attached hydrogen (secondary N) is 1. The summed E-state index contributed by atoms with van der Waals surface area (Å²) in [6.45, 7) is 11.8. The van der Waals surface area contributed by atoms with Gasteiger partial charge in [-0.2, -0.15) is 0 Å². The molecule has 2 aliphatic rings. The van der Waals surface area contributed by atoms with E-state index in [0.29, 0.717) is 16.7 Å². The molecule has 2 heterocycles. The Labute approximate surface area is 181 Å². The van der Waals surface area contributed by atoms with Crippen molar-refractivity contribution in [3.8, 4) is 10.6 Å². The van der Waals surface area contributed by atoms with Gasteiger partial charge in [-0.05, 0) is 92.5 Å². The summed E-state index contributed by atoms with van der Waals surface area (Å²) >= 11 is 1.84. The average Bonchev–Trinajstić information content (AvgIpc) is 3.29. The Morgan fingerprint density at radius 3 is 2.17 bits per heavy atom. The van der Waals surface area contributed by atoms with Gasteiger partial charge in [-0.15, -0.1) is 11.3 Å². The van der Waals surface area contributed by atoms with E-state index in [1.54, 1.807) is 11.1 Å². The van der Waals surface area contributed by atoms with Crippen molar-refractivity contribution in [2.24, 2.45) is 0 Å². The number of fused-ring (bicyclic) bond motifs is 1. The molecular weight excluding hydrogens is 372 g/mol. The molecule has 1 aromatic heterocycles. The third-order valence-electron chi connectivity index (χ3n) is 8.48. The average molecular weight is 411 g/mol. The highest BCUT2D eigenvalue weighted by molar-refractivity contribution is 7.13. The van der Waals surface area contributed by atoms with Crippen molar-refractivity contribution < 1.29 is 0 Å². The molecule has 29 heavy (non-hydrogen) atoms. The highest BCUT2D eigenvalue weighted by atomic mass is 32.1. The minimum absolute atomic E-state index is 0.342. The van der Waals surface area contributed by atoms with Crippen LogP contribution in [0.1, 0.15) is 102 Å². The van der Waals surface area contributed by atoms with Crippen LogP contribution in [-0.2, 0) is 10.8 Å². The maximum Gasteiger partial charge on any atom is 0.123 e. The number of thiazole rings is 1. The van der Waals surface area contributed by atoms with E-state index in [-0.39, 0.29) is 0 Å². The first kappa shape index (κ1) is 21.1. The number of hydrogen-bond acceptors (Lipinski definition) is 3. The summed E-state index contributed by atoms with van der Waals surface area (Å²) in [4.78, 5) is 5.12. The number of benzene rings is 1. The summed E-state index contributed by atoms with van der Waals surface area (Å²) in [7, 11) is 0. The van der Waals surface area contributed by atoms with E-state index >= 15 is 0 Å². The van der Waals surface area contributed by atoms with Crippen molar-refractivity contribution in [3.63, 3.8) is 0 Å². The summed E-state index contributed by atoms with van der Waals surface area (Å²) in [5.41, 5.74) is 6.63. The second-order valence-corrected chi connectivity index (χ2v) is 10.2. The Morgan fingerprint density at radius 1 is 0.931 bits per heavy atom. The molecule has 0 unspecified atom stereocenters. The smallest absolute Gasteiger partial charge is 0.123 e. The predicted molar refractivity (Wildman–Crippen MR) is 126 cm³/mol. The van der Waals surface area contributed by atoms with Crippen LogP contribution in [0.3, 0.4) is 0 Å². The third kappa shape index (κ3) is 3.59. The van der Waals surface area contributed by atoms with Crippen LogP contribution < -0.4 is 5.32 Å². The number of nitrogens with zero attached hydrogens (tertiary/aromatic N) is 1. The van der Waals surface area contributed by atoms with Crippen LogP contribution in [0.4, 0.5) is 0 Å². The van der Waals surface area contributed by atoms with Gasteiger partial charge in [0.25, 0.3) is 0 Å². The lowest BCUT2D eigenvalue weighted by atomic mass is 9.57. The molecule has 2 nitrogen and oxygen atoms in total. The molecule has 0 amide bonds. The molecule has 1 saturated heterocycles. The third-order valence-corrected chi connectivity index (χ3v) is 9.39. The monoisotopic (exact) mass is 410 g/mol. The summed E-state index contributed by atoms with van der Waals surface area (Å²) in [6.07, 6.45) is 10.1. The number of piperidine rings is 1. The predicted octanol–water partition coefficient (Wildman–Crippen LogP) is 7.19. The fraction of sp³-hybridized carbons (Fsp3) is 0.654. The lowest BCUT2D eigenvalue weighted by Gasteiger charge is -2.48. The van der Waals surface area contributed by atoms with Gasteiger partial charge in [-0.25, -0.2) is 4.98 Å². The zero-order valence-corrected chi connectivity index (χ0v) is 19.6. The summed E-state index contributed by atoms with van der Waals surface area (Å²) in [6, 6.07) is 7.38. The van der Waals surface area contributed by atoms with Gasteiger partial charge in [0.05, 0.1) is 5.69 Å². The molecule has 1 N–H and O–H groups in total. The maximum absolute atomic E-state index is 5.12. The molecule has 1 aromatic carbocycles. The highest BCUT2D eigenvalue weighted by Crippen LogP contribution is 2.53. The van der Waals surface area contributed by atoms with E-state index in [1.165, 1.54) is 67.6 Å². The number of aromatic nitrogens is 1. The highest BCUT2D eigenvalue weighted by Gasteiger charge is 2.43. The normalized spacial score (nSPS) is 21.1. The van der Waals surface area contributed by atoms with E-state index in [1.807, 2.05) is 11.3 Å². The van der Waals surface area contributed by atoms with Crippen LogP contribution in [0.15, 0.2) is 23.6 Å². The fourth-order valence-electron chi connectivity index (χ4n) is 6.02. The molecule has 3 heteroatoms. The first-order valence-corrected chi connectivity index (χ1v) is 12.8. The molecule has 0 spiro atoms. The van der Waals surface area contributed by atoms with Gasteiger partial charge in [-0.3, -0.25) is 0 Å². The minimum Gasteiger partial charge on any atom is -0.317 e. The molecule has 158 valence electrons. The topological polar surface area (TPSA) is 24.9 Å². The van der Waals surface area contributed by atoms with Crippen molar-refractivity contribution in [1.29, 1.82) is 0 Å². The zero-order valence-electron chi connectivity index (χ0n) is 18.8. The van der Waals surface area contributed by atoms with Gasteiger partial charge in [-0.1, -0.05) is 39.8 Å². The largest absolute Gasteiger partial charge is 0.317 e. The molecule has 1 aliphatic heterocycles. The van der Waals surface area contributed by atoms with Crippen LogP contribution in [0.25, 0.3) is 10.6 Å². The minimum atomic E-state index is 0.342. The van der Waals surface area contributed by atoms with E-state index in [4.69, 9.17) is 4.98 Å². The number of hydrogen-bond donors (Lipinski definition) is 1. The second kappa shape index (κ2) is 8.51. The van der Waals surface area contributed by atoms with E-state index in [2.05, 4.69) is 56.6 Å². The van der Waals surface area contributed by atoms with Crippen molar-refractivity contribution >= 4 is 11.3 Å². The SMILES string of the molecule is CCC1(CC)CCC(CC)(CC)c2cc(-c3nc(C4CCNCC4)cs3)ccc21. The van der Waals surface area contributed by atoms with Crippen LogP contribution in [-0.4, -0.2) is 18.1 Å². The lowest BCUT2D eigenvalue weighted by molar-refractivity contribution is 0.239. The van der Waals surface area contributed by atoms with Gasteiger partial charge in [0.15, 0.2) is 0 Å². The second-order valence-electron chi connectivity index (χ2n) is 9.34. The zero-order chi connectivity index (χ0) is 20.5. The molecule has 0 bridgehead atoms. The Kier molecular flexibility index (Phi) is 6.18. The van der Waals surface area contributed by atoms with Crippen molar-refractivity contribution in [1.82, 2.24) is 10.3 Å². The quantitative estimate of drug-likeness (QED) is 0.545. The van der Waals surface area contributed by atoms with Gasteiger partial charge >= 0.3 is 0 Å². The standard InChI is InChI=1S/C26H38N2S/c1-5-25(6-2)13-14-26(7-3,8-4)22-17-20(9-10-21(22)25)24-28-23(18-29-24)19-11-15-27-16-12-19/h9-10,17-19,27H,5-8,11-16H2,1-4H3. The van der Waals surface area contributed by atoms with Crippen molar-refractivity contribution in [2.75, 3.05) is 13.1 Å². The van der Waals surface area contributed by atoms with Crippen molar-refractivity contribution in [2.45, 2.75) is 95.8 Å². The first-order chi connectivity index (χ1) is 14.1. The Morgan fingerprint density at radius 2 is 1.55 bits per heavy atom. The van der Waals surface area contributed by atoms with Crippen LogP contribution in [0.2, 0.25) is 0 Å². The molecule has 4 rings (SSSR count). The molecule has 2 aromatic rings. The summed E-state index contributed by atoms with van der Waals surface area (Å²) in [5.74, 6) is 0.636. The van der Waals surface area contributed by atoms with Gasteiger partial charge in [0.1, 0.15) is 5.01 Å².